The van der Waals surface area contributed by atoms with Gasteiger partial charge < -0.3 is 5.11 Å². The van der Waals surface area contributed by atoms with Gasteiger partial charge in [-0.15, -0.1) is 0 Å². The molecule has 0 bridgehead atoms. The average molecular weight is 273 g/mol. The molecule has 20 heavy (non-hydrogen) atoms. The zero-order chi connectivity index (χ0) is 14.8. The highest BCUT2D eigenvalue weighted by atomic mass is 16.4. The second kappa shape index (κ2) is 5.80. The van der Waals surface area contributed by atoms with Crippen LogP contribution in [0.25, 0.3) is 6.08 Å². The van der Waals surface area contributed by atoms with E-state index in [0.29, 0.717) is 0 Å². The maximum absolute atomic E-state index is 12.0. The van der Waals surface area contributed by atoms with Crippen molar-refractivity contribution in [1.29, 1.82) is 0 Å². The molecule has 1 N–H and O–H groups in total. The van der Waals surface area contributed by atoms with E-state index in [1.165, 1.54) is 0 Å². The van der Waals surface area contributed by atoms with Crippen molar-refractivity contribution in [3.63, 3.8) is 0 Å². The van der Waals surface area contributed by atoms with Gasteiger partial charge in [-0.05, 0) is 38.1 Å². The Balaban J connectivity index is 2.42. The van der Waals surface area contributed by atoms with Gasteiger partial charge >= 0.3 is 5.97 Å². The third-order valence-corrected chi connectivity index (χ3v) is 4.35. The van der Waals surface area contributed by atoms with Crippen molar-refractivity contribution in [3.8, 4) is 0 Å². The number of aliphatic carboxylic acids is 1. The van der Waals surface area contributed by atoms with E-state index in [0.717, 1.165) is 30.5 Å². The van der Waals surface area contributed by atoms with Crippen molar-refractivity contribution in [2.24, 2.45) is 0 Å². The molecule has 0 fully saturated rings. The Morgan fingerprint density at radius 1 is 1.40 bits per heavy atom. The topological polar surface area (TPSA) is 40.5 Å². The Bertz CT molecular complexity index is 523. The molecule has 3 nitrogen and oxygen atoms in total. The van der Waals surface area contributed by atoms with Gasteiger partial charge in [0, 0.05) is 6.04 Å². The first-order valence-electron chi connectivity index (χ1n) is 7.23. The lowest BCUT2D eigenvalue weighted by atomic mass is 9.70. The van der Waals surface area contributed by atoms with E-state index in [-0.39, 0.29) is 6.04 Å². The molecule has 0 amide bonds. The van der Waals surface area contributed by atoms with Crippen LogP contribution in [0.3, 0.4) is 0 Å². The Kier molecular flexibility index (Phi) is 4.29. The number of fused-ring (bicyclic) bond motifs is 1. The summed E-state index contributed by atoms with van der Waals surface area (Å²) in [5, 5.41) is 9.83. The van der Waals surface area contributed by atoms with Gasteiger partial charge in [-0.2, -0.15) is 0 Å². The Hall–Kier alpha value is -1.61. The fraction of sp³-hybridized carbons (Fsp3) is 0.471. The average Bonchev–Trinajstić information content (AvgIpc) is 2.45. The monoisotopic (exact) mass is 273 g/mol. The minimum absolute atomic E-state index is 0.110. The molecule has 0 aromatic heterocycles. The van der Waals surface area contributed by atoms with Gasteiger partial charge in [-0.25, -0.2) is 0 Å². The number of carboxylic acid groups (broad SMARTS) is 1. The van der Waals surface area contributed by atoms with Crippen LogP contribution in [0, 0.1) is 0 Å². The van der Waals surface area contributed by atoms with Crippen molar-refractivity contribution in [2.45, 2.75) is 38.1 Å². The standard InChI is InChI=1S/C17H23NO2/c1-4-5-12-18(3)15-11-10-13-8-6-7-9-14(13)17(15,2)16(19)20/h6-11,15H,4-5,12H2,1-3H3,(H,19,20)/t15-,17+/m0/s1. The summed E-state index contributed by atoms with van der Waals surface area (Å²) < 4.78 is 0. The summed E-state index contributed by atoms with van der Waals surface area (Å²) in [5.41, 5.74) is 1.02. The number of hydrogen-bond donors (Lipinski definition) is 1. The molecule has 2 atom stereocenters. The maximum Gasteiger partial charge on any atom is 0.315 e. The molecule has 0 saturated carbocycles. The predicted octanol–water partition coefficient (Wildman–Crippen LogP) is 3.16. The molecule has 1 aliphatic rings. The normalized spacial score (nSPS) is 24.7. The van der Waals surface area contributed by atoms with Crippen LogP contribution >= 0.6 is 0 Å². The van der Waals surface area contributed by atoms with Gasteiger partial charge in [0.25, 0.3) is 0 Å². The summed E-state index contributed by atoms with van der Waals surface area (Å²) in [7, 11) is 2.01. The molecule has 0 radical (unpaired) electrons. The zero-order valence-corrected chi connectivity index (χ0v) is 12.5. The molecule has 3 heteroatoms. The molecule has 0 saturated heterocycles. The Morgan fingerprint density at radius 2 is 2.10 bits per heavy atom. The lowest BCUT2D eigenvalue weighted by Crippen LogP contribution is -2.52. The first-order chi connectivity index (χ1) is 9.51. The van der Waals surface area contributed by atoms with Crippen LogP contribution in [-0.4, -0.2) is 35.6 Å². The number of likely N-dealkylation sites (N-methyl/N-ethyl adjacent to an activating group) is 1. The lowest BCUT2D eigenvalue weighted by Gasteiger charge is -2.41. The zero-order valence-electron chi connectivity index (χ0n) is 12.5. The highest BCUT2D eigenvalue weighted by Crippen LogP contribution is 2.38. The largest absolute Gasteiger partial charge is 0.481 e. The van der Waals surface area contributed by atoms with Crippen molar-refractivity contribution >= 4 is 12.0 Å². The first-order valence-corrected chi connectivity index (χ1v) is 7.23. The molecular formula is C17H23NO2. The minimum Gasteiger partial charge on any atom is -0.481 e. The van der Waals surface area contributed by atoms with Crippen LogP contribution in [0.2, 0.25) is 0 Å². The minimum atomic E-state index is -0.895. The number of unbranched alkanes of at least 4 members (excludes halogenated alkanes) is 1. The van der Waals surface area contributed by atoms with Gasteiger partial charge in [-0.1, -0.05) is 49.8 Å². The number of rotatable bonds is 5. The molecule has 0 heterocycles. The van der Waals surface area contributed by atoms with Crippen molar-refractivity contribution in [3.05, 3.63) is 41.5 Å². The fourth-order valence-corrected chi connectivity index (χ4v) is 3.04. The third-order valence-electron chi connectivity index (χ3n) is 4.35. The predicted molar refractivity (Wildman–Crippen MR) is 81.8 cm³/mol. The van der Waals surface area contributed by atoms with Gasteiger partial charge in [-0.3, -0.25) is 9.69 Å². The van der Waals surface area contributed by atoms with E-state index in [4.69, 9.17) is 0 Å². The van der Waals surface area contributed by atoms with Crippen LogP contribution in [0.15, 0.2) is 30.3 Å². The molecule has 1 aromatic rings. The maximum atomic E-state index is 12.0. The summed E-state index contributed by atoms with van der Waals surface area (Å²) >= 11 is 0. The van der Waals surface area contributed by atoms with Gasteiger partial charge in [0.05, 0.1) is 0 Å². The van der Waals surface area contributed by atoms with Crippen LogP contribution in [0.5, 0.6) is 0 Å². The SMILES string of the molecule is CCCCN(C)[C@H]1C=Cc2ccccc2[C@@]1(C)C(=O)O. The number of nitrogens with zero attached hydrogens (tertiary/aromatic N) is 1. The van der Waals surface area contributed by atoms with E-state index in [9.17, 15) is 9.90 Å². The molecule has 108 valence electrons. The van der Waals surface area contributed by atoms with E-state index in [2.05, 4.69) is 11.8 Å². The Morgan fingerprint density at radius 3 is 2.75 bits per heavy atom. The summed E-state index contributed by atoms with van der Waals surface area (Å²) in [4.78, 5) is 14.1. The highest BCUT2D eigenvalue weighted by Gasteiger charge is 2.46. The number of carbonyl (C=O) groups is 1. The van der Waals surface area contributed by atoms with Crippen molar-refractivity contribution in [1.82, 2.24) is 4.90 Å². The van der Waals surface area contributed by atoms with Crippen LogP contribution in [-0.2, 0) is 10.2 Å². The molecular weight excluding hydrogens is 250 g/mol. The number of benzene rings is 1. The highest BCUT2D eigenvalue weighted by molar-refractivity contribution is 5.86. The molecule has 1 aromatic carbocycles. The van der Waals surface area contributed by atoms with E-state index in [1.807, 2.05) is 50.4 Å². The summed E-state index contributed by atoms with van der Waals surface area (Å²) in [5.74, 6) is -0.761. The molecule has 0 spiro atoms. The van der Waals surface area contributed by atoms with E-state index < -0.39 is 11.4 Å². The number of carboxylic acids is 1. The first kappa shape index (κ1) is 14.8. The number of hydrogen-bond acceptors (Lipinski definition) is 2. The molecule has 0 unspecified atom stereocenters. The van der Waals surface area contributed by atoms with Crippen LogP contribution in [0.4, 0.5) is 0 Å². The van der Waals surface area contributed by atoms with Gasteiger partial charge in [0.1, 0.15) is 5.41 Å². The molecule has 1 aliphatic carbocycles. The quantitative estimate of drug-likeness (QED) is 0.896. The van der Waals surface area contributed by atoms with Gasteiger partial charge in [0.15, 0.2) is 0 Å². The second-order valence-electron chi connectivity index (χ2n) is 5.73. The lowest BCUT2D eigenvalue weighted by molar-refractivity contribution is -0.145. The Labute approximate surface area is 120 Å². The second-order valence-corrected chi connectivity index (χ2v) is 5.73. The van der Waals surface area contributed by atoms with Crippen molar-refractivity contribution in [2.75, 3.05) is 13.6 Å². The summed E-state index contributed by atoms with van der Waals surface area (Å²) in [6.45, 7) is 4.90. The van der Waals surface area contributed by atoms with Crippen LogP contribution < -0.4 is 0 Å². The fourth-order valence-electron chi connectivity index (χ4n) is 3.04. The van der Waals surface area contributed by atoms with E-state index >= 15 is 0 Å². The van der Waals surface area contributed by atoms with Gasteiger partial charge in [0.2, 0.25) is 0 Å². The molecule has 0 aliphatic heterocycles. The van der Waals surface area contributed by atoms with Crippen LogP contribution in [0.1, 0.15) is 37.8 Å². The summed E-state index contributed by atoms with van der Waals surface area (Å²) in [6.07, 6.45) is 6.28. The smallest absolute Gasteiger partial charge is 0.315 e. The van der Waals surface area contributed by atoms with E-state index in [1.54, 1.807) is 0 Å². The van der Waals surface area contributed by atoms with Crippen molar-refractivity contribution < 1.29 is 9.90 Å². The summed E-state index contributed by atoms with van der Waals surface area (Å²) in [6, 6.07) is 7.68. The molecule has 2 rings (SSSR count). The third kappa shape index (κ3) is 2.38.